The van der Waals surface area contributed by atoms with E-state index >= 15 is 0 Å². The molecule has 0 N–H and O–H groups in total. The first-order valence-electron chi connectivity index (χ1n) is 12.5. The van der Waals surface area contributed by atoms with Crippen LogP contribution in [0.3, 0.4) is 0 Å². The average Bonchev–Trinajstić information content (AvgIpc) is 3.59. The molecule has 7 nitrogen and oxygen atoms in total. The van der Waals surface area contributed by atoms with Crippen molar-refractivity contribution in [2.45, 2.75) is 39.0 Å². The Morgan fingerprint density at radius 2 is 1.70 bits per heavy atom. The number of nitrogens with zero attached hydrogens (tertiary/aromatic N) is 2. The Morgan fingerprint density at radius 1 is 0.973 bits per heavy atom. The van der Waals surface area contributed by atoms with Crippen LogP contribution in [0.2, 0.25) is 0 Å². The number of methoxy groups -OCH3 is 2. The highest BCUT2D eigenvalue weighted by Gasteiger charge is 2.28. The summed E-state index contributed by atoms with van der Waals surface area (Å²) in [6, 6.07) is 19.1. The van der Waals surface area contributed by atoms with Gasteiger partial charge in [0.05, 0.1) is 26.9 Å². The molecule has 2 amide bonds. The Kier molecular flexibility index (Phi) is 9.19. The minimum Gasteiger partial charge on any atom is -0.497 e. The summed E-state index contributed by atoms with van der Waals surface area (Å²) in [5, 5.41) is 0. The maximum absolute atomic E-state index is 13.8. The number of thiophene rings is 1. The van der Waals surface area contributed by atoms with Crippen LogP contribution in [-0.4, -0.2) is 61.6 Å². The van der Waals surface area contributed by atoms with E-state index < -0.39 is 0 Å². The SMILES string of the molecule is COc1cc(OC)cc(C(=O)N(CC(=O)N(Cc2ccccc2)Cc2ccc(C)s2)CC2CCCO2)c1. The van der Waals surface area contributed by atoms with Crippen molar-refractivity contribution in [1.82, 2.24) is 9.80 Å². The van der Waals surface area contributed by atoms with Crippen molar-refractivity contribution >= 4 is 23.2 Å². The van der Waals surface area contributed by atoms with Crippen molar-refractivity contribution in [2.75, 3.05) is 33.9 Å². The summed E-state index contributed by atoms with van der Waals surface area (Å²) >= 11 is 1.68. The minimum atomic E-state index is -0.257. The summed E-state index contributed by atoms with van der Waals surface area (Å²) in [4.78, 5) is 33.2. The lowest BCUT2D eigenvalue weighted by Gasteiger charge is -2.29. The van der Waals surface area contributed by atoms with Crippen LogP contribution >= 0.6 is 11.3 Å². The Hall–Kier alpha value is -3.36. The van der Waals surface area contributed by atoms with E-state index in [-0.39, 0.29) is 24.5 Å². The first kappa shape index (κ1) is 26.7. The monoisotopic (exact) mass is 522 g/mol. The van der Waals surface area contributed by atoms with Crippen molar-refractivity contribution in [3.05, 3.63) is 81.5 Å². The highest BCUT2D eigenvalue weighted by molar-refractivity contribution is 7.11. The van der Waals surface area contributed by atoms with E-state index in [9.17, 15) is 9.59 Å². The van der Waals surface area contributed by atoms with Gasteiger partial charge < -0.3 is 24.0 Å². The Balaban J connectivity index is 1.59. The summed E-state index contributed by atoms with van der Waals surface area (Å²) in [6.07, 6.45) is 1.72. The third-order valence-electron chi connectivity index (χ3n) is 6.37. The van der Waals surface area contributed by atoms with Gasteiger partial charge in [0.2, 0.25) is 5.91 Å². The van der Waals surface area contributed by atoms with E-state index in [0.29, 0.717) is 43.3 Å². The fraction of sp³-hybridized carbons (Fsp3) is 0.379. The van der Waals surface area contributed by atoms with Gasteiger partial charge in [-0.05, 0) is 49.6 Å². The number of hydrogen-bond donors (Lipinski definition) is 0. The van der Waals surface area contributed by atoms with Crippen LogP contribution in [0.25, 0.3) is 0 Å². The molecule has 1 aromatic heterocycles. The molecular formula is C29H34N2O5S. The summed E-state index contributed by atoms with van der Waals surface area (Å²) in [7, 11) is 3.09. The van der Waals surface area contributed by atoms with E-state index in [2.05, 4.69) is 19.1 Å². The predicted molar refractivity (Wildman–Crippen MR) is 144 cm³/mol. The number of carbonyl (C=O) groups excluding carboxylic acids is 2. The van der Waals surface area contributed by atoms with Crippen LogP contribution < -0.4 is 9.47 Å². The number of hydrogen-bond acceptors (Lipinski definition) is 6. The number of carbonyl (C=O) groups is 2. The molecule has 0 bridgehead atoms. The third kappa shape index (κ3) is 7.33. The standard InChI is InChI=1S/C29H34N2O5S/c1-21-11-12-27(37-21)19-30(17-22-8-5-4-6-9-22)28(32)20-31(18-24-10-7-13-36-24)29(33)23-14-25(34-2)16-26(15-23)35-3/h4-6,8-9,11-12,14-16,24H,7,10,13,17-20H2,1-3H3. The normalized spacial score (nSPS) is 14.8. The largest absolute Gasteiger partial charge is 0.497 e. The van der Waals surface area contributed by atoms with Crippen molar-refractivity contribution in [3.63, 3.8) is 0 Å². The molecule has 0 spiro atoms. The second-order valence-corrected chi connectivity index (χ2v) is 10.5. The maximum Gasteiger partial charge on any atom is 0.254 e. The molecule has 2 aromatic carbocycles. The maximum atomic E-state index is 13.8. The molecule has 0 saturated carbocycles. The molecule has 2 heterocycles. The van der Waals surface area contributed by atoms with Crippen LogP contribution in [-0.2, 0) is 22.6 Å². The highest BCUT2D eigenvalue weighted by Crippen LogP contribution is 2.25. The fourth-order valence-corrected chi connectivity index (χ4v) is 5.33. The molecule has 37 heavy (non-hydrogen) atoms. The topological polar surface area (TPSA) is 68.3 Å². The Labute approximate surface area is 222 Å². The highest BCUT2D eigenvalue weighted by atomic mass is 32.1. The molecule has 1 aliphatic rings. The number of amides is 2. The van der Waals surface area contributed by atoms with Gasteiger partial charge in [0.1, 0.15) is 18.0 Å². The molecule has 1 unspecified atom stereocenters. The summed E-state index contributed by atoms with van der Waals surface area (Å²) in [6.45, 7) is 3.98. The minimum absolute atomic E-state index is 0.0462. The average molecular weight is 523 g/mol. The molecule has 196 valence electrons. The number of benzene rings is 2. The zero-order valence-corrected chi connectivity index (χ0v) is 22.5. The van der Waals surface area contributed by atoms with Gasteiger partial charge in [0, 0.05) is 41.1 Å². The molecule has 4 rings (SSSR count). The van der Waals surface area contributed by atoms with Gasteiger partial charge in [0.15, 0.2) is 0 Å². The molecular weight excluding hydrogens is 488 g/mol. The molecule has 0 aliphatic carbocycles. The van der Waals surface area contributed by atoms with E-state index in [4.69, 9.17) is 14.2 Å². The van der Waals surface area contributed by atoms with Crippen LogP contribution in [0, 0.1) is 6.92 Å². The van der Waals surface area contributed by atoms with Gasteiger partial charge in [-0.3, -0.25) is 9.59 Å². The Bertz CT molecular complexity index is 1170. The van der Waals surface area contributed by atoms with Crippen LogP contribution in [0.15, 0.2) is 60.7 Å². The first-order chi connectivity index (χ1) is 17.9. The Morgan fingerprint density at radius 3 is 2.30 bits per heavy atom. The van der Waals surface area contributed by atoms with Crippen molar-refractivity contribution in [2.24, 2.45) is 0 Å². The zero-order chi connectivity index (χ0) is 26.2. The van der Waals surface area contributed by atoms with Gasteiger partial charge in [-0.2, -0.15) is 0 Å². The van der Waals surface area contributed by atoms with E-state index in [1.165, 1.54) is 4.88 Å². The van der Waals surface area contributed by atoms with E-state index in [0.717, 1.165) is 23.3 Å². The van der Waals surface area contributed by atoms with Gasteiger partial charge >= 0.3 is 0 Å². The molecule has 1 atom stereocenters. The summed E-state index contributed by atoms with van der Waals surface area (Å²) in [5.74, 6) is 0.665. The zero-order valence-electron chi connectivity index (χ0n) is 21.6. The fourth-order valence-electron chi connectivity index (χ4n) is 4.42. The van der Waals surface area contributed by atoms with Crippen molar-refractivity contribution < 1.29 is 23.8 Å². The second-order valence-electron chi connectivity index (χ2n) is 9.17. The quantitative estimate of drug-likeness (QED) is 0.358. The summed E-state index contributed by atoms with van der Waals surface area (Å²) < 4.78 is 16.6. The number of rotatable bonds is 11. The molecule has 3 aromatic rings. The lowest BCUT2D eigenvalue weighted by Crippen LogP contribution is -2.45. The van der Waals surface area contributed by atoms with Gasteiger partial charge in [-0.1, -0.05) is 30.3 Å². The summed E-state index contributed by atoms with van der Waals surface area (Å²) in [5.41, 5.74) is 1.45. The molecule has 1 saturated heterocycles. The van der Waals surface area contributed by atoms with Gasteiger partial charge in [-0.25, -0.2) is 0 Å². The smallest absolute Gasteiger partial charge is 0.254 e. The van der Waals surface area contributed by atoms with Crippen LogP contribution in [0.5, 0.6) is 11.5 Å². The molecule has 8 heteroatoms. The molecule has 0 radical (unpaired) electrons. The third-order valence-corrected chi connectivity index (χ3v) is 7.36. The molecule has 1 fully saturated rings. The first-order valence-corrected chi connectivity index (χ1v) is 13.3. The van der Waals surface area contributed by atoms with Crippen molar-refractivity contribution in [3.8, 4) is 11.5 Å². The van der Waals surface area contributed by atoms with E-state index in [1.807, 2.05) is 35.2 Å². The van der Waals surface area contributed by atoms with Crippen molar-refractivity contribution in [1.29, 1.82) is 0 Å². The lowest BCUT2D eigenvalue weighted by atomic mass is 10.1. The number of aryl methyl sites for hydroxylation is 1. The van der Waals surface area contributed by atoms with E-state index in [1.54, 1.807) is 48.7 Å². The predicted octanol–water partition coefficient (Wildman–Crippen LogP) is 4.92. The lowest BCUT2D eigenvalue weighted by molar-refractivity contribution is -0.133. The van der Waals surface area contributed by atoms with Gasteiger partial charge in [-0.15, -0.1) is 11.3 Å². The van der Waals surface area contributed by atoms with Gasteiger partial charge in [0.25, 0.3) is 5.91 Å². The van der Waals surface area contributed by atoms with Crippen LogP contribution in [0.1, 0.15) is 38.5 Å². The van der Waals surface area contributed by atoms with Crippen LogP contribution in [0.4, 0.5) is 0 Å². The number of ether oxygens (including phenoxy) is 3. The second kappa shape index (κ2) is 12.7. The molecule has 1 aliphatic heterocycles.